The summed E-state index contributed by atoms with van der Waals surface area (Å²) in [6, 6.07) is 17.9. The second-order valence-electron chi connectivity index (χ2n) is 17.7. The van der Waals surface area contributed by atoms with E-state index in [2.05, 4.69) is 16.0 Å². The minimum Gasteiger partial charge on any atom is -0.508 e. The summed E-state index contributed by atoms with van der Waals surface area (Å²) in [5.41, 5.74) is 2.13. The second kappa shape index (κ2) is 22.4. The number of likely N-dealkylation sites (N-methyl/N-ethyl adjacent to an activating group) is 3. The van der Waals surface area contributed by atoms with E-state index in [-0.39, 0.29) is 43.9 Å². The second-order valence-corrected chi connectivity index (χ2v) is 17.7. The first-order valence-corrected chi connectivity index (χ1v) is 22.3. The van der Waals surface area contributed by atoms with E-state index in [1.807, 2.05) is 88.4 Å². The molecule has 2 saturated heterocycles. The van der Waals surface area contributed by atoms with E-state index in [1.54, 1.807) is 12.1 Å². The van der Waals surface area contributed by atoms with Crippen LogP contribution in [0, 0.1) is 11.8 Å². The van der Waals surface area contributed by atoms with E-state index in [1.165, 1.54) is 52.9 Å². The Balaban J connectivity index is 1.61. The number of rotatable bonds is 10. The molecule has 5 rings (SSSR count). The molecule has 7 amide bonds. The Labute approximate surface area is 376 Å². The average Bonchev–Trinajstić information content (AvgIpc) is 3.78. The van der Waals surface area contributed by atoms with Crippen molar-refractivity contribution >= 4 is 41.4 Å². The maximum absolute atomic E-state index is 14.8. The molecule has 0 spiro atoms. The molecule has 0 unspecified atom stereocenters. The topological polar surface area (TPSA) is 189 Å². The lowest BCUT2D eigenvalue weighted by Gasteiger charge is -2.35. The molecule has 0 aliphatic carbocycles. The normalized spacial score (nSPS) is 24.2. The van der Waals surface area contributed by atoms with Crippen LogP contribution in [-0.2, 0) is 52.8 Å². The SMILES string of the molecule is CC[C@H](C)[C@@H]1NC(=O)[C@H](CC(C)C)NC(=O)[C@@H](Cc2ccccc2)N(C)C(=O)[C@@H]2CCCN2C(=O)CN(C)C(=O)[C@H](Cc2ccccc2)NC(=O)[C@H](Cc2ccc(O)cc2)N(C)C1=O. The molecule has 0 aromatic heterocycles. The summed E-state index contributed by atoms with van der Waals surface area (Å²) >= 11 is 0. The summed E-state index contributed by atoms with van der Waals surface area (Å²) in [5, 5.41) is 18.8. The van der Waals surface area contributed by atoms with Crippen LogP contribution in [0.3, 0.4) is 0 Å². The molecule has 15 heteroatoms. The van der Waals surface area contributed by atoms with E-state index in [0.29, 0.717) is 24.8 Å². The molecule has 64 heavy (non-hydrogen) atoms. The van der Waals surface area contributed by atoms with Crippen molar-refractivity contribution in [1.29, 1.82) is 0 Å². The highest BCUT2D eigenvalue weighted by Crippen LogP contribution is 2.23. The molecule has 2 fully saturated rings. The first-order valence-electron chi connectivity index (χ1n) is 22.3. The van der Waals surface area contributed by atoms with Gasteiger partial charge >= 0.3 is 0 Å². The van der Waals surface area contributed by atoms with Crippen molar-refractivity contribution in [2.45, 2.75) is 109 Å². The molecule has 0 radical (unpaired) electrons. The summed E-state index contributed by atoms with van der Waals surface area (Å²) in [7, 11) is 4.47. The van der Waals surface area contributed by atoms with Gasteiger partial charge in [-0.15, -0.1) is 0 Å². The standard InChI is InChI=1S/C49H65N7O8/c1-8-32(4)43-49(64)55(7)41(29-35-21-23-36(57)24-22-35)46(61)51-38(27-33-16-11-9-12-17-33)47(62)53(5)30-42(58)56-25-15-20-39(56)48(63)54(6)40(28-34-18-13-10-14-19-34)45(60)50-37(26-31(2)3)44(59)52-43/h9-14,16-19,21-24,31-32,37-41,43,57H,8,15,20,25-30H2,1-7H3,(H,50,60)(H,51,61)(H,52,59)/t32-,37-,38-,39-,40+,41-,43-/m0/s1. The van der Waals surface area contributed by atoms with Crippen LogP contribution in [0.1, 0.15) is 70.1 Å². The Kier molecular flexibility index (Phi) is 17.1. The lowest BCUT2D eigenvalue weighted by atomic mass is 9.94. The Hall–Kier alpha value is -6.25. The largest absolute Gasteiger partial charge is 0.508 e. The molecule has 15 nitrogen and oxygen atoms in total. The van der Waals surface area contributed by atoms with Crippen LogP contribution in [0.25, 0.3) is 0 Å². The van der Waals surface area contributed by atoms with E-state index >= 15 is 0 Å². The van der Waals surface area contributed by atoms with Gasteiger partial charge in [-0.3, -0.25) is 33.6 Å². The van der Waals surface area contributed by atoms with Crippen molar-refractivity contribution in [3.8, 4) is 5.75 Å². The van der Waals surface area contributed by atoms with Gasteiger partial charge in [-0.05, 0) is 59.9 Å². The molecular weight excluding hydrogens is 815 g/mol. The van der Waals surface area contributed by atoms with Crippen LogP contribution < -0.4 is 16.0 Å². The zero-order valence-electron chi connectivity index (χ0n) is 38.2. The van der Waals surface area contributed by atoms with E-state index < -0.39 is 90.1 Å². The third-order valence-corrected chi connectivity index (χ3v) is 12.5. The van der Waals surface area contributed by atoms with Crippen molar-refractivity contribution in [3.63, 3.8) is 0 Å². The van der Waals surface area contributed by atoms with Gasteiger partial charge in [-0.25, -0.2) is 0 Å². The Bertz CT molecular complexity index is 2100. The molecule has 4 N–H and O–H groups in total. The highest BCUT2D eigenvalue weighted by molar-refractivity contribution is 5.98. The zero-order chi connectivity index (χ0) is 46.7. The fraction of sp³-hybridized carbons (Fsp3) is 0.490. The number of phenolic OH excluding ortho intramolecular Hbond substituents is 1. The van der Waals surface area contributed by atoms with Crippen molar-refractivity contribution < 1.29 is 38.7 Å². The maximum atomic E-state index is 14.8. The summed E-state index contributed by atoms with van der Waals surface area (Å²) in [5.74, 6) is -4.36. The quantitative estimate of drug-likeness (QED) is 0.239. The Morgan fingerprint density at radius 2 is 1.14 bits per heavy atom. The number of carbonyl (C=O) groups is 7. The Morgan fingerprint density at radius 3 is 1.69 bits per heavy atom. The molecule has 2 aliphatic rings. The molecule has 0 saturated carbocycles. The van der Waals surface area contributed by atoms with Gasteiger partial charge < -0.3 is 40.7 Å². The van der Waals surface area contributed by atoms with Gasteiger partial charge in [0.15, 0.2) is 0 Å². The molecule has 3 aromatic rings. The minimum atomic E-state index is -1.20. The number of hydrogen-bond donors (Lipinski definition) is 4. The predicted octanol–water partition coefficient (Wildman–Crippen LogP) is 3.08. The lowest BCUT2D eigenvalue weighted by molar-refractivity contribution is -0.149. The number of amides is 7. The van der Waals surface area contributed by atoms with E-state index in [0.717, 1.165) is 11.1 Å². The monoisotopic (exact) mass is 879 g/mol. The van der Waals surface area contributed by atoms with Gasteiger partial charge in [0, 0.05) is 47.0 Å². The summed E-state index contributed by atoms with van der Waals surface area (Å²) in [6.45, 7) is 7.39. The fourth-order valence-corrected chi connectivity index (χ4v) is 8.45. The summed E-state index contributed by atoms with van der Waals surface area (Å²) < 4.78 is 0. The molecular formula is C49H65N7O8. The van der Waals surface area contributed by atoms with Crippen molar-refractivity contribution in [3.05, 3.63) is 102 Å². The maximum Gasteiger partial charge on any atom is 0.245 e. The number of hydrogen-bond acceptors (Lipinski definition) is 8. The van der Waals surface area contributed by atoms with Crippen LogP contribution >= 0.6 is 0 Å². The van der Waals surface area contributed by atoms with Crippen LogP contribution in [0.5, 0.6) is 5.75 Å². The smallest absolute Gasteiger partial charge is 0.245 e. The number of fused-ring (bicyclic) bond motifs is 1. The molecule has 344 valence electrons. The van der Waals surface area contributed by atoms with E-state index in [4.69, 9.17) is 0 Å². The Morgan fingerprint density at radius 1 is 0.625 bits per heavy atom. The zero-order valence-corrected chi connectivity index (χ0v) is 38.2. The minimum absolute atomic E-state index is 0.0111. The van der Waals surface area contributed by atoms with Gasteiger partial charge in [0.1, 0.15) is 42.0 Å². The highest BCUT2D eigenvalue weighted by Gasteiger charge is 2.42. The predicted molar refractivity (Wildman–Crippen MR) is 242 cm³/mol. The van der Waals surface area contributed by atoms with Crippen LogP contribution in [0.2, 0.25) is 0 Å². The number of nitrogens with zero attached hydrogens (tertiary/aromatic N) is 4. The van der Waals surface area contributed by atoms with Crippen molar-refractivity contribution in [1.82, 2.24) is 35.6 Å². The van der Waals surface area contributed by atoms with E-state index in [9.17, 15) is 38.7 Å². The number of aromatic hydroxyl groups is 1. The number of nitrogens with one attached hydrogen (secondary N) is 3. The molecule has 7 atom stereocenters. The fourth-order valence-electron chi connectivity index (χ4n) is 8.45. The van der Waals surface area contributed by atoms with Crippen molar-refractivity contribution in [2.24, 2.45) is 11.8 Å². The van der Waals surface area contributed by atoms with Gasteiger partial charge in [-0.1, -0.05) is 107 Å². The molecule has 2 heterocycles. The number of benzene rings is 3. The summed E-state index contributed by atoms with van der Waals surface area (Å²) in [6.07, 6.45) is 1.73. The van der Waals surface area contributed by atoms with Crippen molar-refractivity contribution in [2.75, 3.05) is 34.2 Å². The van der Waals surface area contributed by atoms with Crippen LogP contribution in [0.15, 0.2) is 84.9 Å². The number of phenols is 1. The third-order valence-electron chi connectivity index (χ3n) is 12.5. The van der Waals surface area contributed by atoms with Crippen LogP contribution in [-0.4, -0.2) is 137 Å². The van der Waals surface area contributed by atoms with Gasteiger partial charge in [0.05, 0.1) is 6.54 Å². The molecule has 0 bridgehead atoms. The highest BCUT2D eigenvalue weighted by atomic mass is 16.3. The van der Waals surface area contributed by atoms with Gasteiger partial charge in [-0.2, -0.15) is 0 Å². The van der Waals surface area contributed by atoms with Gasteiger partial charge in [0.25, 0.3) is 0 Å². The van der Waals surface area contributed by atoms with Crippen LogP contribution in [0.4, 0.5) is 0 Å². The summed E-state index contributed by atoms with van der Waals surface area (Å²) in [4.78, 5) is 107. The first kappa shape index (κ1) is 48.8. The van der Waals surface area contributed by atoms with Gasteiger partial charge in [0.2, 0.25) is 41.4 Å². The third kappa shape index (κ3) is 12.5. The first-order chi connectivity index (χ1) is 30.5. The molecule has 3 aromatic carbocycles. The number of carbonyl (C=O) groups excluding carboxylic acids is 7. The average molecular weight is 880 g/mol. The molecule has 2 aliphatic heterocycles. The lowest BCUT2D eigenvalue weighted by Crippen LogP contribution is -2.61.